The van der Waals surface area contributed by atoms with E-state index in [4.69, 9.17) is 10.5 Å². The summed E-state index contributed by atoms with van der Waals surface area (Å²) in [7, 11) is 0. The van der Waals surface area contributed by atoms with E-state index in [0.29, 0.717) is 31.6 Å². The van der Waals surface area contributed by atoms with Gasteiger partial charge in [0.15, 0.2) is 0 Å². The summed E-state index contributed by atoms with van der Waals surface area (Å²) < 4.78 is 5.26. The van der Waals surface area contributed by atoms with Gasteiger partial charge in [0.1, 0.15) is 0 Å². The minimum absolute atomic E-state index is 0.274. The van der Waals surface area contributed by atoms with Gasteiger partial charge in [0.05, 0.1) is 6.61 Å². The molecule has 0 saturated heterocycles. The Morgan fingerprint density at radius 1 is 1.29 bits per heavy atom. The minimum atomic E-state index is 0.274. The minimum Gasteiger partial charge on any atom is -0.380 e. The molecule has 0 aromatic heterocycles. The van der Waals surface area contributed by atoms with Gasteiger partial charge in [-0.15, -0.1) is 0 Å². The normalized spacial score (nSPS) is 30.8. The second-order valence-corrected chi connectivity index (χ2v) is 5.33. The number of carbonyl (C=O) groups is 1. The van der Waals surface area contributed by atoms with E-state index in [1.165, 1.54) is 19.3 Å². The van der Waals surface area contributed by atoms with Crippen molar-refractivity contribution >= 4 is 5.91 Å². The van der Waals surface area contributed by atoms with E-state index in [0.717, 1.165) is 25.3 Å². The number of hydrogen-bond acceptors (Lipinski definition) is 3. The van der Waals surface area contributed by atoms with Crippen molar-refractivity contribution in [2.75, 3.05) is 26.3 Å². The molecule has 98 valence electrons. The number of ether oxygens (including phenoxy) is 1. The average Bonchev–Trinajstić information content (AvgIpc) is 2.95. The van der Waals surface area contributed by atoms with Crippen LogP contribution >= 0.6 is 0 Å². The molecular formula is C13H24N2O2. The molecule has 0 aliphatic heterocycles. The van der Waals surface area contributed by atoms with Gasteiger partial charge >= 0.3 is 0 Å². The maximum Gasteiger partial charge on any atom is 0.223 e. The molecule has 2 rings (SSSR count). The van der Waals surface area contributed by atoms with E-state index < -0.39 is 0 Å². The Bertz CT molecular complexity index is 258. The van der Waals surface area contributed by atoms with Crippen molar-refractivity contribution < 1.29 is 9.53 Å². The first-order chi connectivity index (χ1) is 8.31. The number of nitrogens with one attached hydrogen (secondary N) is 1. The monoisotopic (exact) mass is 240 g/mol. The summed E-state index contributed by atoms with van der Waals surface area (Å²) in [6.07, 6.45) is 5.91. The highest BCUT2D eigenvalue weighted by Gasteiger charge is 2.42. The van der Waals surface area contributed by atoms with Gasteiger partial charge in [0.25, 0.3) is 0 Å². The molecule has 0 spiro atoms. The van der Waals surface area contributed by atoms with Crippen LogP contribution in [-0.2, 0) is 9.53 Å². The van der Waals surface area contributed by atoms with E-state index in [2.05, 4.69) is 5.32 Å². The zero-order valence-electron chi connectivity index (χ0n) is 10.5. The van der Waals surface area contributed by atoms with Crippen LogP contribution in [0.4, 0.5) is 0 Å². The largest absolute Gasteiger partial charge is 0.380 e. The fourth-order valence-corrected chi connectivity index (χ4v) is 3.27. The van der Waals surface area contributed by atoms with Gasteiger partial charge in [-0.05, 0) is 37.5 Å². The molecule has 0 heterocycles. The predicted molar refractivity (Wildman–Crippen MR) is 66.4 cm³/mol. The number of carbonyl (C=O) groups excluding carboxylic acids is 1. The molecule has 2 fully saturated rings. The van der Waals surface area contributed by atoms with Crippen LogP contribution < -0.4 is 11.1 Å². The molecule has 3 unspecified atom stereocenters. The van der Waals surface area contributed by atoms with Crippen molar-refractivity contribution in [1.29, 1.82) is 0 Å². The zero-order valence-corrected chi connectivity index (χ0v) is 10.5. The second kappa shape index (κ2) is 6.36. The number of fused-ring (bicyclic) bond motifs is 2. The highest BCUT2D eigenvalue weighted by molar-refractivity contribution is 5.79. The van der Waals surface area contributed by atoms with E-state index in [-0.39, 0.29) is 5.91 Å². The SMILES string of the molecule is NCCOCCCNC(=O)C1CC2CCC1C2. The van der Waals surface area contributed by atoms with Crippen LogP contribution in [-0.4, -0.2) is 32.2 Å². The molecule has 4 nitrogen and oxygen atoms in total. The summed E-state index contributed by atoms with van der Waals surface area (Å²) in [5.41, 5.74) is 5.31. The molecule has 0 aromatic carbocycles. The Morgan fingerprint density at radius 2 is 2.18 bits per heavy atom. The Kier molecular flexibility index (Phi) is 4.80. The second-order valence-electron chi connectivity index (χ2n) is 5.33. The summed E-state index contributed by atoms with van der Waals surface area (Å²) in [6, 6.07) is 0. The lowest BCUT2D eigenvalue weighted by Crippen LogP contribution is -2.34. The lowest BCUT2D eigenvalue weighted by molar-refractivity contribution is -0.126. The van der Waals surface area contributed by atoms with Gasteiger partial charge in [-0.2, -0.15) is 0 Å². The zero-order chi connectivity index (χ0) is 12.1. The molecule has 17 heavy (non-hydrogen) atoms. The van der Waals surface area contributed by atoms with Gasteiger partial charge in [0, 0.05) is 25.6 Å². The smallest absolute Gasteiger partial charge is 0.223 e. The molecule has 0 aromatic rings. The highest BCUT2D eigenvalue weighted by atomic mass is 16.5. The van der Waals surface area contributed by atoms with Crippen LogP contribution in [0.5, 0.6) is 0 Å². The van der Waals surface area contributed by atoms with Crippen molar-refractivity contribution in [3.05, 3.63) is 0 Å². The maximum atomic E-state index is 12.0. The van der Waals surface area contributed by atoms with Crippen LogP contribution in [0.2, 0.25) is 0 Å². The average molecular weight is 240 g/mol. The quantitative estimate of drug-likeness (QED) is 0.650. The molecule has 1 amide bonds. The molecule has 2 aliphatic carbocycles. The van der Waals surface area contributed by atoms with Gasteiger partial charge in [-0.3, -0.25) is 4.79 Å². The Labute approximate surface area is 103 Å². The topological polar surface area (TPSA) is 64.3 Å². The standard InChI is InChI=1S/C13H24N2O2/c14-4-7-17-6-1-5-15-13(16)12-9-10-2-3-11(12)8-10/h10-12H,1-9,14H2,(H,15,16). The number of rotatable bonds is 7. The van der Waals surface area contributed by atoms with Crippen molar-refractivity contribution in [2.45, 2.75) is 32.1 Å². The van der Waals surface area contributed by atoms with E-state index in [1.54, 1.807) is 0 Å². The summed E-state index contributed by atoms with van der Waals surface area (Å²) in [6.45, 7) is 2.60. The van der Waals surface area contributed by atoms with Gasteiger partial charge in [0.2, 0.25) is 5.91 Å². The van der Waals surface area contributed by atoms with Crippen LogP contribution in [0.1, 0.15) is 32.1 Å². The molecular weight excluding hydrogens is 216 g/mol. The summed E-state index contributed by atoms with van der Waals surface area (Å²) in [5, 5.41) is 3.04. The first kappa shape index (κ1) is 12.8. The van der Waals surface area contributed by atoms with E-state index in [9.17, 15) is 4.79 Å². The fraction of sp³-hybridized carbons (Fsp3) is 0.923. The van der Waals surface area contributed by atoms with Crippen molar-refractivity contribution in [1.82, 2.24) is 5.32 Å². The number of hydrogen-bond donors (Lipinski definition) is 2. The van der Waals surface area contributed by atoms with Crippen LogP contribution in [0.25, 0.3) is 0 Å². The molecule has 4 heteroatoms. The number of amides is 1. The summed E-state index contributed by atoms with van der Waals surface area (Å²) in [4.78, 5) is 12.0. The first-order valence-electron chi connectivity index (χ1n) is 6.86. The molecule has 3 atom stereocenters. The lowest BCUT2D eigenvalue weighted by atomic mass is 9.88. The molecule has 2 aliphatic rings. The maximum absolute atomic E-state index is 12.0. The van der Waals surface area contributed by atoms with Crippen molar-refractivity contribution in [3.8, 4) is 0 Å². The lowest BCUT2D eigenvalue weighted by Gasteiger charge is -2.20. The number of nitrogens with two attached hydrogens (primary N) is 1. The molecule has 2 bridgehead atoms. The van der Waals surface area contributed by atoms with Crippen molar-refractivity contribution in [2.24, 2.45) is 23.5 Å². The Hall–Kier alpha value is -0.610. The van der Waals surface area contributed by atoms with Gasteiger partial charge in [-0.1, -0.05) is 6.42 Å². The third-order valence-corrected chi connectivity index (χ3v) is 4.10. The summed E-state index contributed by atoms with van der Waals surface area (Å²) >= 11 is 0. The Morgan fingerprint density at radius 3 is 2.82 bits per heavy atom. The predicted octanol–water partition coefficient (Wildman–Crippen LogP) is 0.904. The van der Waals surface area contributed by atoms with Crippen molar-refractivity contribution in [3.63, 3.8) is 0 Å². The first-order valence-corrected chi connectivity index (χ1v) is 6.86. The van der Waals surface area contributed by atoms with E-state index >= 15 is 0 Å². The van der Waals surface area contributed by atoms with Crippen LogP contribution in [0, 0.1) is 17.8 Å². The molecule has 0 radical (unpaired) electrons. The van der Waals surface area contributed by atoms with E-state index in [1.807, 2.05) is 0 Å². The summed E-state index contributed by atoms with van der Waals surface area (Å²) in [5.74, 6) is 2.09. The fourth-order valence-electron chi connectivity index (χ4n) is 3.27. The van der Waals surface area contributed by atoms with Gasteiger partial charge in [-0.25, -0.2) is 0 Å². The van der Waals surface area contributed by atoms with Gasteiger partial charge < -0.3 is 15.8 Å². The molecule has 3 N–H and O–H groups in total. The van der Waals surface area contributed by atoms with Crippen LogP contribution in [0.15, 0.2) is 0 Å². The van der Waals surface area contributed by atoms with Crippen LogP contribution in [0.3, 0.4) is 0 Å². The third-order valence-electron chi connectivity index (χ3n) is 4.10. The third kappa shape index (κ3) is 3.42. The molecule has 2 saturated carbocycles. The highest BCUT2D eigenvalue weighted by Crippen LogP contribution is 2.48. The Balaban J connectivity index is 1.55.